The van der Waals surface area contributed by atoms with Crippen LogP contribution in [0.15, 0.2) is 48.5 Å². The van der Waals surface area contributed by atoms with E-state index in [1.165, 1.54) is 23.5 Å². The van der Waals surface area contributed by atoms with E-state index in [-0.39, 0.29) is 12.4 Å². The van der Waals surface area contributed by atoms with E-state index < -0.39 is 11.8 Å². The molecule has 2 N–H and O–H groups in total. The lowest BCUT2D eigenvalue weighted by molar-refractivity contribution is -0.136. The van der Waals surface area contributed by atoms with Gasteiger partial charge in [0.15, 0.2) is 0 Å². The summed E-state index contributed by atoms with van der Waals surface area (Å²) in [6.07, 6.45) is 0.521. The van der Waals surface area contributed by atoms with Crippen LogP contribution in [0.4, 0.5) is 10.1 Å². The first-order valence-corrected chi connectivity index (χ1v) is 10.3. The van der Waals surface area contributed by atoms with Gasteiger partial charge in [-0.3, -0.25) is 9.59 Å². The largest absolute Gasteiger partial charge is 0.492 e. The molecule has 8 heteroatoms. The van der Waals surface area contributed by atoms with Crippen molar-refractivity contribution in [2.75, 3.05) is 18.5 Å². The molecule has 0 aliphatic heterocycles. The lowest BCUT2D eigenvalue weighted by atomic mass is 10.2. The van der Waals surface area contributed by atoms with E-state index in [9.17, 15) is 14.0 Å². The van der Waals surface area contributed by atoms with E-state index in [0.717, 1.165) is 15.6 Å². The molecule has 0 spiro atoms. The second-order valence-corrected chi connectivity index (χ2v) is 7.51. The fraction of sp³-hybridized carbons (Fsp3) is 0.227. The first kappa shape index (κ1) is 21.4. The number of anilines is 1. The predicted molar refractivity (Wildman–Crippen MR) is 115 cm³/mol. The van der Waals surface area contributed by atoms with E-state index in [1.807, 2.05) is 13.8 Å². The zero-order valence-electron chi connectivity index (χ0n) is 16.7. The standard InChI is InChI=1S/C22H22FN3O3S/c1-3-29-18-10-5-4-9-17(18)26-21(28)20(27)24-12-11-19-14(2)25-22(30-19)15-7-6-8-16(23)13-15/h4-10,13H,3,11-12H2,1-2H3,(H,24,27)(H,26,28). The number of para-hydroxylation sites is 2. The monoisotopic (exact) mass is 427 g/mol. The summed E-state index contributed by atoms with van der Waals surface area (Å²) in [7, 11) is 0. The summed E-state index contributed by atoms with van der Waals surface area (Å²) in [5.41, 5.74) is 1.98. The SMILES string of the molecule is CCOc1ccccc1NC(=O)C(=O)NCCc1sc(-c2cccc(F)c2)nc1C. The van der Waals surface area contributed by atoms with Gasteiger partial charge in [0.05, 0.1) is 18.0 Å². The van der Waals surface area contributed by atoms with E-state index >= 15 is 0 Å². The van der Waals surface area contributed by atoms with Gasteiger partial charge in [-0.15, -0.1) is 11.3 Å². The summed E-state index contributed by atoms with van der Waals surface area (Å²) in [6, 6.07) is 13.2. The number of aryl methyl sites for hydroxylation is 1. The van der Waals surface area contributed by atoms with Crippen LogP contribution in [0.3, 0.4) is 0 Å². The average molecular weight is 428 g/mol. The summed E-state index contributed by atoms with van der Waals surface area (Å²) in [5, 5.41) is 5.90. The fourth-order valence-corrected chi connectivity index (χ4v) is 3.86. The van der Waals surface area contributed by atoms with Crippen LogP contribution in [0.2, 0.25) is 0 Å². The van der Waals surface area contributed by atoms with Gasteiger partial charge in [0, 0.05) is 23.4 Å². The number of halogens is 1. The van der Waals surface area contributed by atoms with Crippen molar-refractivity contribution in [3.8, 4) is 16.3 Å². The molecule has 0 bridgehead atoms. The van der Waals surface area contributed by atoms with Gasteiger partial charge in [0.25, 0.3) is 0 Å². The minimum Gasteiger partial charge on any atom is -0.492 e. The number of benzene rings is 2. The molecule has 30 heavy (non-hydrogen) atoms. The molecule has 2 aromatic carbocycles. The van der Waals surface area contributed by atoms with Crippen LogP contribution >= 0.6 is 11.3 Å². The minimum atomic E-state index is -0.761. The molecular weight excluding hydrogens is 405 g/mol. The molecule has 1 heterocycles. The predicted octanol–water partition coefficient (Wildman–Crippen LogP) is 3.95. The lowest BCUT2D eigenvalue weighted by Gasteiger charge is -2.11. The van der Waals surface area contributed by atoms with Crippen LogP contribution in [-0.4, -0.2) is 29.9 Å². The van der Waals surface area contributed by atoms with Crippen LogP contribution in [-0.2, 0) is 16.0 Å². The molecule has 6 nitrogen and oxygen atoms in total. The number of amides is 2. The molecule has 0 aliphatic carbocycles. The van der Waals surface area contributed by atoms with Crippen molar-refractivity contribution in [1.29, 1.82) is 0 Å². The second-order valence-electron chi connectivity index (χ2n) is 6.43. The summed E-state index contributed by atoms with van der Waals surface area (Å²) < 4.78 is 18.9. The van der Waals surface area contributed by atoms with Gasteiger partial charge in [-0.1, -0.05) is 24.3 Å². The molecule has 0 aliphatic rings. The van der Waals surface area contributed by atoms with Crippen molar-refractivity contribution in [3.05, 3.63) is 64.9 Å². The first-order valence-electron chi connectivity index (χ1n) is 9.51. The van der Waals surface area contributed by atoms with Crippen LogP contribution in [0.25, 0.3) is 10.6 Å². The highest BCUT2D eigenvalue weighted by molar-refractivity contribution is 7.15. The molecule has 156 valence electrons. The second kappa shape index (κ2) is 9.98. The Morgan fingerprint density at radius 1 is 1.13 bits per heavy atom. The van der Waals surface area contributed by atoms with Gasteiger partial charge < -0.3 is 15.4 Å². The third-order valence-electron chi connectivity index (χ3n) is 4.24. The summed E-state index contributed by atoms with van der Waals surface area (Å²) >= 11 is 1.45. The van der Waals surface area contributed by atoms with E-state index in [4.69, 9.17) is 4.74 Å². The Bertz CT molecular complexity index is 1050. The Hall–Kier alpha value is -3.26. The quantitative estimate of drug-likeness (QED) is 0.560. The van der Waals surface area contributed by atoms with E-state index in [1.54, 1.807) is 36.4 Å². The molecule has 3 aromatic rings. The molecule has 1 aromatic heterocycles. The summed E-state index contributed by atoms with van der Waals surface area (Å²) in [6.45, 7) is 4.44. The first-order chi connectivity index (χ1) is 14.5. The van der Waals surface area contributed by atoms with Gasteiger partial charge >= 0.3 is 11.8 Å². The highest BCUT2D eigenvalue weighted by Gasteiger charge is 2.16. The Balaban J connectivity index is 1.55. The van der Waals surface area contributed by atoms with Crippen LogP contribution < -0.4 is 15.4 Å². The Morgan fingerprint density at radius 2 is 1.93 bits per heavy atom. The maximum Gasteiger partial charge on any atom is 0.313 e. The highest BCUT2D eigenvalue weighted by atomic mass is 32.1. The van der Waals surface area contributed by atoms with Gasteiger partial charge in [-0.25, -0.2) is 9.37 Å². The summed E-state index contributed by atoms with van der Waals surface area (Å²) in [5.74, 6) is -1.30. The van der Waals surface area contributed by atoms with Gasteiger partial charge in [-0.2, -0.15) is 0 Å². The Labute approximate surface area is 178 Å². The van der Waals surface area contributed by atoms with Crippen molar-refractivity contribution in [2.45, 2.75) is 20.3 Å². The number of ether oxygens (including phenoxy) is 1. The number of hydrogen-bond donors (Lipinski definition) is 2. The smallest absolute Gasteiger partial charge is 0.313 e. The van der Waals surface area contributed by atoms with E-state index in [2.05, 4.69) is 15.6 Å². The Kier molecular flexibility index (Phi) is 7.13. The lowest BCUT2D eigenvalue weighted by Crippen LogP contribution is -2.36. The van der Waals surface area contributed by atoms with Gasteiger partial charge in [0.2, 0.25) is 0 Å². The number of nitrogens with zero attached hydrogens (tertiary/aromatic N) is 1. The minimum absolute atomic E-state index is 0.283. The van der Waals surface area contributed by atoms with Crippen LogP contribution in [0, 0.1) is 12.7 Å². The molecule has 0 atom stereocenters. The zero-order chi connectivity index (χ0) is 21.5. The molecule has 0 unspecified atom stereocenters. The Morgan fingerprint density at radius 3 is 2.70 bits per heavy atom. The van der Waals surface area contributed by atoms with Crippen molar-refractivity contribution >= 4 is 28.8 Å². The van der Waals surface area contributed by atoms with Crippen molar-refractivity contribution < 1.29 is 18.7 Å². The van der Waals surface area contributed by atoms with Gasteiger partial charge in [0.1, 0.15) is 16.6 Å². The maximum absolute atomic E-state index is 13.4. The fourth-order valence-electron chi connectivity index (χ4n) is 2.81. The number of aromatic nitrogens is 1. The maximum atomic E-state index is 13.4. The number of carbonyl (C=O) groups is 2. The molecular formula is C22H22FN3O3S. The molecule has 0 fully saturated rings. The topological polar surface area (TPSA) is 80.3 Å². The third kappa shape index (κ3) is 5.42. The number of thiazole rings is 1. The summed E-state index contributed by atoms with van der Waals surface area (Å²) in [4.78, 5) is 29.8. The van der Waals surface area contributed by atoms with Crippen molar-refractivity contribution in [1.82, 2.24) is 10.3 Å². The van der Waals surface area contributed by atoms with Crippen LogP contribution in [0.5, 0.6) is 5.75 Å². The molecule has 3 rings (SSSR count). The third-order valence-corrected chi connectivity index (χ3v) is 5.51. The molecule has 0 saturated carbocycles. The van der Waals surface area contributed by atoms with Gasteiger partial charge in [-0.05, 0) is 38.1 Å². The zero-order valence-corrected chi connectivity index (χ0v) is 17.5. The number of hydrogen-bond acceptors (Lipinski definition) is 5. The molecule has 2 amide bonds. The van der Waals surface area contributed by atoms with Crippen molar-refractivity contribution in [2.24, 2.45) is 0 Å². The van der Waals surface area contributed by atoms with E-state index in [0.29, 0.717) is 30.0 Å². The van der Waals surface area contributed by atoms with Crippen LogP contribution in [0.1, 0.15) is 17.5 Å². The average Bonchev–Trinajstić information content (AvgIpc) is 3.10. The number of rotatable bonds is 7. The molecule has 0 radical (unpaired) electrons. The number of nitrogens with one attached hydrogen (secondary N) is 2. The van der Waals surface area contributed by atoms with Crippen molar-refractivity contribution in [3.63, 3.8) is 0 Å². The normalized spacial score (nSPS) is 10.5. The molecule has 0 saturated heterocycles. The number of carbonyl (C=O) groups excluding carboxylic acids is 2. The highest BCUT2D eigenvalue weighted by Crippen LogP contribution is 2.28.